The Balaban J connectivity index is 2.38. The molecule has 5 nitrogen and oxygen atoms in total. The topological polar surface area (TPSA) is 64.6 Å². The van der Waals surface area contributed by atoms with Crippen molar-refractivity contribution < 1.29 is 45.4 Å². The number of benzene rings is 1. The van der Waals surface area contributed by atoms with Crippen LogP contribution >= 0.6 is 0 Å². The van der Waals surface area contributed by atoms with Crippen molar-refractivity contribution in [2.45, 2.75) is 32.0 Å². The van der Waals surface area contributed by atoms with Crippen LogP contribution in [0.4, 0.5) is 32.0 Å². The molecule has 0 saturated carbocycles. The molecule has 1 aliphatic heterocycles. The fourth-order valence-corrected chi connectivity index (χ4v) is 2.01. The van der Waals surface area contributed by atoms with Gasteiger partial charge in [0.15, 0.2) is 5.57 Å². The van der Waals surface area contributed by atoms with Crippen molar-refractivity contribution in [2.75, 3.05) is 5.32 Å². The lowest BCUT2D eigenvalue weighted by atomic mass is 10.1. The van der Waals surface area contributed by atoms with Crippen LogP contribution in [0, 0.1) is 0 Å². The minimum Gasteiger partial charge on any atom is -0.419 e. The zero-order valence-electron chi connectivity index (χ0n) is 13.2. The van der Waals surface area contributed by atoms with Gasteiger partial charge in [-0.15, -0.1) is 0 Å². The third-order valence-electron chi connectivity index (χ3n) is 3.14. The molecule has 1 N–H and O–H groups in total. The first-order valence-corrected chi connectivity index (χ1v) is 6.92. The number of halogens is 6. The zero-order chi connectivity index (χ0) is 19.9. The number of ether oxygens (including phenoxy) is 2. The molecule has 0 bridgehead atoms. The van der Waals surface area contributed by atoms with Gasteiger partial charge in [-0.2, -0.15) is 26.3 Å². The van der Waals surface area contributed by atoms with E-state index in [9.17, 15) is 35.9 Å². The van der Waals surface area contributed by atoms with Gasteiger partial charge in [0.2, 0.25) is 0 Å². The number of carbonyl (C=O) groups is 2. The number of rotatable bonds is 2. The summed E-state index contributed by atoms with van der Waals surface area (Å²) in [6.45, 7) is 2.54. The largest absolute Gasteiger partial charge is 0.419 e. The van der Waals surface area contributed by atoms with E-state index in [1.807, 2.05) is 5.32 Å². The Morgan fingerprint density at radius 2 is 1.50 bits per heavy atom. The average molecular weight is 383 g/mol. The smallest absolute Gasteiger partial charge is 0.418 e. The number of cyclic esters (lactones) is 2. The molecule has 142 valence electrons. The van der Waals surface area contributed by atoms with E-state index in [4.69, 9.17) is 9.47 Å². The molecule has 1 aromatic rings. The third-order valence-corrected chi connectivity index (χ3v) is 3.14. The first kappa shape index (κ1) is 19.6. The summed E-state index contributed by atoms with van der Waals surface area (Å²) < 4.78 is 86.4. The van der Waals surface area contributed by atoms with E-state index in [1.165, 1.54) is 13.8 Å². The van der Waals surface area contributed by atoms with Crippen LogP contribution in [0.5, 0.6) is 0 Å². The van der Waals surface area contributed by atoms with Gasteiger partial charge >= 0.3 is 24.3 Å². The van der Waals surface area contributed by atoms with Crippen molar-refractivity contribution in [1.82, 2.24) is 0 Å². The fourth-order valence-electron chi connectivity index (χ4n) is 2.01. The van der Waals surface area contributed by atoms with E-state index in [-0.39, 0.29) is 6.07 Å². The lowest BCUT2D eigenvalue weighted by Crippen LogP contribution is -2.42. The summed E-state index contributed by atoms with van der Waals surface area (Å²) in [4.78, 5) is 23.4. The van der Waals surface area contributed by atoms with E-state index in [0.717, 1.165) is 0 Å². The Morgan fingerprint density at radius 1 is 0.962 bits per heavy atom. The molecule has 0 radical (unpaired) electrons. The van der Waals surface area contributed by atoms with Crippen molar-refractivity contribution in [3.63, 3.8) is 0 Å². The van der Waals surface area contributed by atoms with Crippen molar-refractivity contribution >= 4 is 17.6 Å². The van der Waals surface area contributed by atoms with Crippen LogP contribution < -0.4 is 5.32 Å². The van der Waals surface area contributed by atoms with Crippen LogP contribution in [-0.4, -0.2) is 17.7 Å². The number of anilines is 1. The second-order valence-electron chi connectivity index (χ2n) is 5.64. The summed E-state index contributed by atoms with van der Waals surface area (Å²) in [5.74, 6) is -3.85. The quantitative estimate of drug-likeness (QED) is 0.364. The molecule has 11 heteroatoms. The maximum absolute atomic E-state index is 13.0. The molecule has 0 spiro atoms. The minimum atomic E-state index is -5.11. The molecule has 0 aromatic heterocycles. The fraction of sp³-hybridized carbons (Fsp3) is 0.333. The van der Waals surface area contributed by atoms with Gasteiger partial charge in [0, 0.05) is 20.0 Å². The first-order chi connectivity index (χ1) is 11.7. The number of carbonyl (C=O) groups excluding carboxylic acids is 2. The molecule has 1 aliphatic rings. The second kappa shape index (κ2) is 6.22. The summed E-state index contributed by atoms with van der Waals surface area (Å²) in [5, 5.41) is 2.01. The second-order valence-corrected chi connectivity index (χ2v) is 5.64. The average Bonchev–Trinajstić information content (AvgIpc) is 2.43. The molecule has 0 aliphatic carbocycles. The highest BCUT2D eigenvalue weighted by molar-refractivity contribution is 6.15. The lowest BCUT2D eigenvalue weighted by Gasteiger charge is -2.29. The normalized spacial score (nSPS) is 17.5. The molecule has 2 rings (SSSR count). The highest BCUT2D eigenvalue weighted by atomic mass is 19.4. The van der Waals surface area contributed by atoms with E-state index in [1.54, 1.807) is 0 Å². The van der Waals surface area contributed by atoms with E-state index in [0.29, 0.717) is 18.3 Å². The minimum absolute atomic E-state index is 0.0819. The van der Waals surface area contributed by atoms with E-state index >= 15 is 0 Å². The van der Waals surface area contributed by atoms with Crippen molar-refractivity contribution in [2.24, 2.45) is 0 Å². The van der Waals surface area contributed by atoms with Gasteiger partial charge in [-0.1, -0.05) is 0 Å². The summed E-state index contributed by atoms with van der Waals surface area (Å²) >= 11 is 0. The van der Waals surface area contributed by atoms with Crippen molar-refractivity contribution in [1.29, 1.82) is 0 Å². The van der Waals surface area contributed by atoms with Crippen LogP contribution in [0.3, 0.4) is 0 Å². The molecule has 0 amide bonds. The molecule has 1 aromatic carbocycles. The van der Waals surface area contributed by atoms with Crippen LogP contribution in [0.1, 0.15) is 25.0 Å². The summed E-state index contributed by atoms with van der Waals surface area (Å²) in [7, 11) is 0. The Morgan fingerprint density at radius 3 is 1.96 bits per heavy atom. The van der Waals surface area contributed by atoms with E-state index < -0.39 is 52.5 Å². The molecule has 1 heterocycles. The van der Waals surface area contributed by atoms with Crippen molar-refractivity contribution in [3.8, 4) is 0 Å². The molecule has 0 atom stereocenters. The number of hydrogen-bond acceptors (Lipinski definition) is 5. The van der Waals surface area contributed by atoms with Crippen molar-refractivity contribution in [3.05, 3.63) is 41.1 Å². The predicted octanol–water partition coefficient (Wildman–Crippen LogP) is 3.86. The van der Waals surface area contributed by atoms with Gasteiger partial charge in [-0.3, -0.25) is 0 Å². The van der Waals surface area contributed by atoms with Crippen LogP contribution in [0.15, 0.2) is 30.0 Å². The number of nitrogens with one attached hydrogen (secondary N) is 1. The predicted molar refractivity (Wildman–Crippen MR) is 74.4 cm³/mol. The number of hydrogen-bond donors (Lipinski definition) is 1. The van der Waals surface area contributed by atoms with Gasteiger partial charge < -0.3 is 14.8 Å². The standard InChI is InChI=1S/C15H11F6NO4/c1-13(2)25-11(23)8(12(24)26-13)6-22-10-4-3-7(14(16,17)18)5-9(10)15(19,20)21/h3-6,22H,1-2H3. The maximum atomic E-state index is 13.0. The lowest BCUT2D eigenvalue weighted by molar-refractivity contribution is -0.222. The van der Waals surface area contributed by atoms with Gasteiger partial charge in [-0.25, -0.2) is 9.59 Å². The molecular formula is C15H11F6NO4. The molecule has 1 fully saturated rings. The third kappa shape index (κ3) is 4.27. The van der Waals surface area contributed by atoms with Gasteiger partial charge in [-0.05, 0) is 18.2 Å². The number of alkyl halides is 6. The first-order valence-electron chi connectivity index (χ1n) is 6.92. The maximum Gasteiger partial charge on any atom is 0.418 e. The Kier molecular flexibility index (Phi) is 4.69. The Hall–Kier alpha value is -2.72. The monoisotopic (exact) mass is 383 g/mol. The van der Waals surface area contributed by atoms with Crippen LogP contribution in [-0.2, 0) is 31.4 Å². The molecule has 26 heavy (non-hydrogen) atoms. The molecular weight excluding hydrogens is 372 g/mol. The van der Waals surface area contributed by atoms with Gasteiger partial charge in [0.1, 0.15) is 0 Å². The summed E-state index contributed by atoms with van der Waals surface area (Å²) in [6, 6.07) is 0.879. The highest BCUT2D eigenvalue weighted by Gasteiger charge is 2.40. The van der Waals surface area contributed by atoms with Crippen LogP contribution in [0.2, 0.25) is 0 Å². The highest BCUT2D eigenvalue weighted by Crippen LogP contribution is 2.39. The van der Waals surface area contributed by atoms with Crippen LogP contribution in [0.25, 0.3) is 0 Å². The van der Waals surface area contributed by atoms with E-state index in [2.05, 4.69) is 0 Å². The summed E-state index contributed by atoms with van der Waals surface area (Å²) in [5.41, 5.74) is -4.65. The summed E-state index contributed by atoms with van der Waals surface area (Å²) in [6.07, 6.45) is -9.50. The molecule has 0 unspecified atom stereocenters. The van der Waals surface area contributed by atoms with Gasteiger partial charge in [0.25, 0.3) is 5.79 Å². The molecule has 1 saturated heterocycles. The SMILES string of the molecule is CC1(C)OC(=O)C(=CNc2ccc(C(F)(F)F)cc2C(F)(F)F)C(=O)O1. The zero-order valence-corrected chi connectivity index (χ0v) is 13.2. The Bertz CT molecular complexity index is 757. The Labute approximate surface area is 142 Å². The number of esters is 2. The van der Waals surface area contributed by atoms with Gasteiger partial charge in [0.05, 0.1) is 16.8 Å².